The van der Waals surface area contributed by atoms with Crippen LogP contribution in [0.1, 0.15) is 45.6 Å². The van der Waals surface area contributed by atoms with Crippen molar-refractivity contribution in [1.29, 1.82) is 0 Å². The van der Waals surface area contributed by atoms with Gasteiger partial charge in [0.15, 0.2) is 5.96 Å². The van der Waals surface area contributed by atoms with Crippen molar-refractivity contribution in [2.75, 3.05) is 52.4 Å². The maximum atomic E-state index is 12.7. The Balaban J connectivity index is 0.00000363. The lowest BCUT2D eigenvalue weighted by atomic mass is 10.2. The van der Waals surface area contributed by atoms with Crippen LogP contribution in [0, 0.1) is 0 Å². The summed E-state index contributed by atoms with van der Waals surface area (Å²) in [6, 6.07) is 3.89. The largest absolute Gasteiger partial charge is 0.478 e. The number of pyridine rings is 1. The second kappa shape index (κ2) is 13.8. The Kier molecular flexibility index (Phi) is 11.5. The zero-order valence-electron chi connectivity index (χ0n) is 19.8. The highest BCUT2D eigenvalue weighted by molar-refractivity contribution is 14.0. The average molecular weight is 559 g/mol. The van der Waals surface area contributed by atoms with Crippen molar-refractivity contribution >= 4 is 35.8 Å². The van der Waals surface area contributed by atoms with Crippen molar-refractivity contribution in [1.82, 2.24) is 25.0 Å². The number of halogens is 1. The van der Waals surface area contributed by atoms with Gasteiger partial charge in [-0.05, 0) is 38.7 Å². The van der Waals surface area contributed by atoms with Gasteiger partial charge < -0.3 is 19.9 Å². The minimum absolute atomic E-state index is 0. The van der Waals surface area contributed by atoms with Crippen LogP contribution >= 0.6 is 24.0 Å². The number of nitrogens with zero attached hydrogens (tertiary/aromatic N) is 5. The maximum Gasteiger partial charge on any atom is 0.239 e. The minimum atomic E-state index is -0.0423. The molecule has 1 aromatic rings. The van der Waals surface area contributed by atoms with Gasteiger partial charge in [-0.15, -0.1) is 24.0 Å². The Morgan fingerprint density at radius 1 is 1.12 bits per heavy atom. The molecule has 2 aliphatic rings. The van der Waals surface area contributed by atoms with Crippen molar-refractivity contribution < 1.29 is 9.53 Å². The number of carbonyl (C=O) groups excluding carboxylic acids is 1. The van der Waals surface area contributed by atoms with Crippen molar-refractivity contribution in [3.63, 3.8) is 0 Å². The second-order valence-electron chi connectivity index (χ2n) is 8.25. The summed E-state index contributed by atoms with van der Waals surface area (Å²) in [5, 5.41) is 3.41. The maximum absolute atomic E-state index is 12.7. The van der Waals surface area contributed by atoms with Crippen LogP contribution in [-0.4, -0.2) is 90.0 Å². The topological polar surface area (TPSA) is 73.3 Å². The van der Waals surface area contributed by atoms with Crippen LogP contribution in [0.5, 0.6) is 5.88 Å². The molecule has 1 aromatic heterocycles. The smallest absolute Gasteiger partial charge is 0.239 e. The average Bonchev–Trinajstić information content (AvgIpc) is 3.35. The fourth-order valence-electron chi connectivity index (χ4n) is 4.07. The predicted octanol–water partition coefficient (Wildman–Crippen LogP) is 2.58. The third kappa shape index (κ3) is 7.47. The summed E-state index contributed by atoms with van der Waals surface area (Å²) in [5.41, 5.74) is 1.06. The molecule has 32 heavy (non-hydrogen) atoms. The number of guanidine groups is 1. The van der Waals surface area contributed by atoms with E-state index in [4.69, 9.17) is 9.73 Å². The fraction of sp³-hybridized carbons (Fsp3) is 0.696. The molecule has 3 heterocycles. The molecule has 180 valence electrons. The minimum Gasteiger partial charge on any atom is -0.478 e. The molecule has 0 spiro atoms. The van der Waals surface area contributed by atoms with Gasteiger partial charge in [-0.25, -0.2) is 9.98 Å². The van der Waals surface area contributed by atoms with E-state index in [1.807, 2.05) is 23.2 Å². The Bertz CT molecular complexity index is 716. The first-order valence-electron chi connectivity index (χ1n) is 11.8. The first-order chi connectivity index (χ1) is 15.1. The van der Waals surface area contributed by atoms with Gasteiger partial charge in [0.2, 0.25) is 11.8 Å². The van der Waals surface area contributed by atoms with Gasteiger partial charge in [-0.1, -0.05) is 13.0 Å². The van der Waals surface area contributed by atoms with E-state index < -0.39 is 0 Å². The van der Waals surface area contributed by atoms with E-state index in [0.717, 1.165) is 76.6 Å². The van der Waals surface area contributed by atoms with Gasteiger partial charge in [-0.3, -0.25) is 9.69 Å². The van der Waals surface area contributed by atoms with Crippen LogP contribution in [0.3, 0.4) is 0 Å². The van der Waals surface area contributed by atoms with Gasteiger partial charge in [0.1, 0.15) is 0 Å². The first-order valence-corrected chi connectivity index (χ1v) is 11.8. The van der Waals surface area contributed by atoms with Gasteiger partial charge in [0, 0.05) is 58.1 Å². The lowest BCUT2D eigenvalue weighted by Gasteiger charge is -2.39. The summed E-state index contributed by atoms with van der Waals surface area (Å²) >= 11 is 0. The molecule has 0 aliphatic carbocycles. The summed E-state index contributed by atoms with van der Waals surface area (Å²) in [6.07, 6.45) is 5.08. The molecular formula is C23H39IN6O2. The Labute approximate surface area is 209 Å². The Morgan fingerprint density at radius 3 is 2.44 bits per heavy atom. The Hall–Kier alpha value is -1.62. The standard InChI is InChI=1S/C23H38N6O2.HI/c1-4-16-31-21-9-8-20(17-25-21)18-26-23(24-5-2)29-14-12-27(13-15-29)19(3)22(30)28-10-6-7-11-28;/h8-9,17,19H,4-7,10-16,18H2,1-3H3,(H,24,26);1H. The van der Waals surface area contributed by atoms with E-state index in [1.54, 1.807) is 0 Å². The number of piperazine rings is 1. The second-order valence-corrected chi connectivity index (χ2v) is 8.25. The molecule has 3 rings (SSSR count). The van der Waals surface area contributed by atoms with Crippen LogP contribution in [0.2, 0.25) is 0 Å². The Morgan fingerprint density at radius 2 is 1.84 bits per heavy atom. The van der Waals surface area contributed by atoms with Crippen LogP contribution in [-0.2, 0) is 11.3 Å². The lowest BCUT2D eigenvalue weighted by Crippen LogP contribution is -2.57. The number of aromatic nitrogens is 1. The van der Waals surface area contributed by atoms with E-state index in [9.17, 15) is 4.79 Å². The third-order valence-corrected chi connectivity index (χ3v) is 5.93. The predicted molar refractivity (Wildman–Crippen MR) is 139 cm³/mol. The third-order valence-electron chi connectivity index (χ3n) is 5.93. The van der Waals surface area contributed by atoms with E-state index >= 15 is 0 Å². The molecular weight excluding hydrogens is 519 g/mol. The van der Waals surface area contributed by atoms with Crippen molar-refractivity contribution in [2.24, 2.45) is 4.99 Å². The summed E-state index contributed by atoms with van der Waals surface area (Å²) in [4.78, 5) is 28.5. The normalized spacial score (nSPS) is 18.3. The molecule has 2 saturated heterocycles. The lowest BCUT2D eigenvalue weighted by molar-refractivity contribution is -0.135. The summed E-state index contributed by atoms with van der Waals surface area (Å²) in [6.45, 7) is 13.6. The monoisotopic (exact) mass is 558 g/mol. The van der Waals surface area contributed by atoms with E-state index in [-0.39, 0.29) is 35.9 Å². The van der Waals surface area contributed by atoms with E-state index in [1.165, 1.54) is 0 Å². The highest BCUT2D eigenvalue weighted by Gasteiger charge is 2.30. The van der Waals surface area contributed by atoms with E-state index in [2.05, 4.69) is 40.9 Å². The number of amides is 1. The zero-order valence-corrected chi connectivity index (χ0v) is 22.1. The summed E-state index contributed by atoms with van der Waals surface area (Å²) in [5.74, 6) is 1.87. The molecule has 1 atom stereocenters. The van der Waals surface area contributed by atoms with Crippen LogP contribution in [0.4, 0.5) is 0 Å². The molecule has 0 radical (unpaired) electrons. The van der Waals surface area contributed by atoms with Crippen LogP contribution in [0.25, 0.3) is 0 Å². The van der Waals surface area contributed by atoms with Gasteiger partial charge in [-0.2, -0.15) is 0 Å². The zero-order chi connectivity index (χ0) is 22.1. The molecule has 2 fully saturated rings. The number of hydrogen-bond donors (Lipinski definition) is 1. The SMILES string of the molecule is CCCOc1ccc(CN=C(NCC)N2CCN(C(C)C(=O)N3CCCC3)CC2)cn1.I. The quantitative estimate of drug-likeness (QED) is 0.301. The van der Waals surface area contributed by atoms with Crippen LogP contribution < -0.4 is 10.1 Å². The number of aliphatic imine (C=N–C) groups is 1. The molecule has 2 aliphatic heterocycles. The molecule has 8 nitrogen and oxygen atoms in total. The number of hydrogen-bond acceptors (Lipinski definition) is 5. The number of nitrogens with one attached hydrogen (secondary N) is 1. The van der Waals surface area contributed by atoms with Crippen molar-refractivity contribution in [3.8, 4) is 5.88 Å². The van der Waals surface area contributed by atoms with Gasteiger partial charge in [0.05, 0.1) is 19.2 Å². The summed E-state index contributed by atoms with van der Waals surface area (Å²) < 4.78 is 5.55. The van der Waals surface area contributed by atoms with Crippen molar-refractivity contribution in [3.05, 3.63) is 23.9 Å². The number of rotatable bonds is 8. The molecule has 0 saturated carbocycles. The molecule has 1 unspecified atom stereocenters. The number of likely N-dealkylation sites (tertiary alicyclic amines) is 1. The molecule has 0 aromatic carbocycles. The molecule has 0 bridgehead atoms. The fourth-order valence-corrected chi connectivity index (χ4v) is 4.07. The molecule has 9 heteroatoms. The number of ether oxygens (including phenoxy) is 1. The highest BCUT2D eigenvalue weighted by atomic mass is 127. The highest BCUT2D eigenvalue weighted by Crippen LogP contribution is 2.14. The van der Waals surface area contributed by atoms with Gasteiger partial charge in [0.25, 0.3) is 0 Å². The van der Waals surface area contributed by atoms with Crippen molar-refractivity contribution in [2.45, 2.75) is 52.6 Å². The van der Waals surface area contributed by atoms with Gasteiger partial charge >= 0.3 is 0 Å². The molecule has 1 amide bonds. The van der Waals surface area contributed by atoms with Crippen LogP contribution in [0.15, 0.2) is 23.3 Å². The van der Waals surface area contributed by atoms with E-state index in [0.29, 0.717) is 19.0 Å². The number of carbonyl (C=O) groups is 1. The first kappa shape index (κ1) is 26.6. The molecule has 1 N–H and O–H groups in total. The summed E-state index contributed by atoms with van der Waals surface area (Å²) in [7, 11) is 0.